The van der Waals surface area contributed by atoms with Gasteiger partial charge in [0.15, 0.2) is 17.1 Å². The predicted octanol–water partition coefficient (Wildman–Crippen LogP) is 2.16. The standard InChI is InChI=1S/C25H29N9O3/c1-35-15-16-36-19-6-4-18(5-7-19)32-11-8-31(9-12-32)10-13-33-23-20(17-27-33)24-28-22(21-3-2-14-37-21)30-34(24)25(26)29-23/h2-7,14,17H,8-13,15-16H2,1H3,(H2,26,29)/i8D2,9D2,10D2,11D2,12D2,15D2,16D2,17D. The topological polar surface area (TPSA) is 125 Å². The van der Waals surface area contributed by atoms with Gasteiger partial charge in [-0.2, -0.15) is 14.6 Å². The molecule has 0 radical (unpaired) electrons. The number of furan rings is 1. The average Bonchev–Trinajstić information content (AvgIpc) is 3.76. The first-order valence-electron chi connectivity index (χ1n) is 18.2. The fourth-order valence-electron chi connectivity index (χ4n) is 3.40. The number of nitrogens with zero attached hydrogens (tertiary/aromatic N) is 8. The third kappa shape index (κ3) is 4.68. The van der Waals surface area contributed by atoms with Gasteiger partial charge in [-0.1, -0.05) is 0 Å². The van der Waals surface area contributed by atoms with Crippen LogP contribution in [0.4, 0.5) is 11.6 Å². The van der Waals surface area contributed by atoms with Crippen molar-refractivity contribution in [3.63, 3.8) is 0 Å². The summed E-state index contributed by atoms with van der Waals surface area (Å²) < 4.78 is 145. The number of methoxy groups -OCH3 is 1. The number of aryl methyl sites for hydroxylation is 1. The van der Waals surface area contributed by atoms with Crippen molar-refractivity contribution in [3.8, 4) is 17.3 Å². The van der Waals surface area contributed by atoms with Crippen molar-refractivity contribution in [1.29, 1.82) is 0 Å². The van der Waals surface area contributed by atoms with Gasteiger partial charge in [-0.15, -0.1) is 5.10 Å². The maximum absolute atomic E-state index is 8.91. The lowest BCUT2D eigenvalue weighted by Gasteiger charge is -2.36. The molecule has 1 fully saturated rings. The van der Waals surface area contributed by atoms with E-state index < -0.39 is 64.0 Å². The van der Waals surface area contributed by atoms with Crippen molar-refractivity contribution in [3.05, 3.63) is 48.8 Å². The zero-order valence-electron chi connectivity index (χ0n) is 34.1. The highest BCUT2D eigenvalue weighted by Gasteiger charge is 2.20. The molecule has 5 aromatic rings. The third-order valence-corrected chi connectivity index (χ3v) is 5.09. The molecule has 0 spiro atoms. The molecule has 6 rings (SSSR count). The molecule has 2 N–H and O–H groups in total. The van der Waals surface area contributed by atoms with Gasteiger partial charge in [0, 0.05) is 53.5 Å². The van der Waals surface area contributed by atoms with Crippen LogP contribution in [0.5, 0.6) is 5.75 Å². The summed E-state index contributed by atoms with van der Waals surface area (Å²) in [5, 5.41) is 8.17. The van der Waals surface area contributed by atoms with E-state index in [-0.39, 0.29) is 49.8 Å². The molecule has 1 aliphatic heterocycles. The van der Waals surface area contributed by atoms with Crippen molar-refractivity contribution in [2.45, 2.75) is 6.54 Å². The number of benzene rings is 1. The highest BCUT2D eigenvalue weighted by Crippen LogP contribution is 2.24. The van der Waals surface area contributed by atoms with Crippen molar-refractivity contribution in [2.75, 3.05) is 63.3 Å². The predicted molar refractivity (Wildman–Crippen MR) is 139 cm³/mol. The summed E-state index contributed by atoms with van der Waals surface area (Å²) in [6, 6.07) is 7.13. The highest BCUT2D eigenvalue weighted by molar-refractivity contribution is 5.90. The Morgan fingerprint density at radius 2 is 1.95 bits per heavy atom. The first-order chi connectivity index (χ1) is 23.8. The summed E-state index contributed by atoms with van der Waals surface area (Å²) in [4.78, 5) is 8.48. The van der Waals surface area contributed by atoms with Gasteiger partial charge in [0.25, 0.3) is 0 Å². The summed E-state index contributed by atoms with van der Waals surface area (Å²) in [5.41, 5.74) is 5.41. The zero-order chi connectivity index (χ0) is 38.6. The lowest BCUT2D eigenvalue weighted by molar-refractivity contribution is 0.146. The third-order valence-electron chi connectivity index (χ3n) is 5.09. The van der Waals surface area contributed by atoms with E-state index in [2.05, 4.69) is 24.9 Å². The van der Waals surface area contributed by atoms with Gasteiger partial charge in [0.1, 0.15) is 12.3 Å². The molecule has 0 bridgehead atoms. The lowest BCUT2D eigenvalue weighted by Crippen LogP contribution is -2.47. The Kier molecular flexibility index (Phi) is 3.25. The van der Waals surface area contributed by atoms with Gasteiger partial charge in [-0.25, -0.2) is 9.67 Å². The number of hydrogen-bond acceptors (Lipinski definition) is 10. The first-order valence-corrected chi connectivity index (χ1v) is 10.7. The minimum atomic E-state index is -3.65. The van der Waals surface area contributed by atoms with E-state index in [1.54, 1.807) is 12.1 Å². The molecule has 12 heteroatoms. The van der Waals surface area contributed by atoms with E-state index in [4.69, 9.17) is 35.4 Å². The van der Waals surface area contributed by atoms with Crippen LogP contribution in [0.2, 0.25) is 0 Å². The minimum absolute atomic E-state index is 0.0115. The van der Waals surface area contributed by atoms with E-state index in [9.17, 15) is 0 Å². The fourth-order valence-corrected chi connectivity index (χ4v) is 3.40. The summed E-state index contributed by atoms with van der Waals surface area (Å²) in [7, 11) is 0.920. The van der Waals surface area contributed by atoms with Crippen LogP contribution >= 0.6 is 0 Å². The van der Waals surface area contributed by atoms with E-state index in [0.717, 1.165) is 40.6 Å². The van der Waals surface area contributed by atoms with Gasteiger partial charge >= 0.3 is 0 Å². The molecule has 0 amide bonds. The van der Waals surface area contributed by atoms with Gasteiger partial charge in [0.05, 0.1) is 43.3 Å². The van der Waals surface area contributed by atoms with Gasteiger partial charge < -0.3 is 24.5 Å². The molecule has 4 aromatic heterocycles. The Morgan fingerprint density at radius 1 is 1.11 bits per heavy atom. The molecule has 1 aliphatic rings. The van der Waals surface area contributed by atoms with E-state index >= 15 is 0 Å². The van der Waals surface area contributed by atoms with Gasteiger partial charge in [-0.3, -0.25) is 4.90 Å². The summed E-state index contributed by atoms with van der Waals surface area (Å²) in [6.45, 7) is -24.7. The molecule has 5 heterocycles. The second-order valence-corrected chi connectivity index (χ2v) is 7.37. The van der Waals surface area contributed by atoms with Crippen molar-refractivity contribution < 1.29 is 34.5 Å². The number of fused-ring (bicyclic) bond motifs is 3. The highest BCUT2D eigenvalue weighted by atomic mass is 16.5. The monoisotopic (exact) mass is 518 g/mol. The Balaban J connectivity index is 1.38. The maximum Gasteiger partial charge on any atom is 0.225 e. The number of anilines is 2. The van der Waals surface area contributed by atoms with Crippen LogP contribution in [-0.4, -0.2) is 87.0 Å². The van der Waals surface area contributed by atoms with E-state index in [1.165, 1.54) is 6.26 Å². The zero-order valence-corrected chi connectivity index (χ0v) is 19.1. The van der Waals surface area contributed by atoms with Crippen LogP contribution in [0.25, 0.3) is 28.3 Å². The summed E-state index contributed by atoms with van der Waals surface area (Å²) in [5.74, 6) is -0.246. The quantitative estimate of drug-likeness (QED) is 0.310. The Labute approximate surface area is 234 Å². The maximum atomic E-state index is 8.91. The Hall–Kier alpha value is -4.16. The van der Waals surface area contributed by atoms with Crippen molar-refractivity contribution in [2.24, 2.45) is 0 Å². The number of hydrogen-bond donors (Lipinski definition) is 1. The van der Waals surface area contributed by atoms with E-state index in [1.807, 2.05) is 0 Å². The number of aromatic nitrogens is 6. The number of ether oxygens (including phenoxy) is 2. The molecular weight excluding hydrogens is 474 g/mol. The Bertz CT molecular complexity index is 2110. The van der Waals surface area contributed by atoms with Crippen LogP contribution in [0.1, 0.15) is 20.6 Å². The first kappa shape index (κ1) is 11.9. The molecule has 192 valence electrons. The van der Waals surface area contributed by atoms with E-state index in [0.29, 0.717) is 0 Å². The molecular formula is C25H29N9O3. The average molecular weight is 519 g/mol. The number of nitrogens with two attached hydrogens (primary N) is 1. The number of nitrogen functional groups attached to an aromatic ring is 1. The molecule has 1 aromatic carbocycles. The van der Waals surface area contributed by atoms with Crippen LogP contribution < -0.4 is 15.4 Å². The van der Waals surface area contributed by atoms with Gasteiger partial charge in [0.2, 0.25) is 11.8 Å². The van der Waals surface area contributed by atoms with Crippen molar-refractivity contribution in [1.82, 2.24) is 34.3 Å². The van der Waals surface area contributed by atoms with Crippen molar-refractivity contribution >= 4 is 28.3 Å². The number of piperazine rings is 1. The molecule has 12 nitrogen and oxygen atoms in total. The SMILES string of the molecule is [2H]c1nn(CC([2H])([2H])N2C([2H])([2H])C([2H])([2H])N(c3ccc(OC([2H])([2H])C([2H])([2H])OC)cc3)C([2H])([2H])C2([2H])[2H])c2nc(N)n3nc(-c4ccco4)nc3c12. The van der Waals surface area contributed by atoms with Crippen LogP contribution in [0.15, 0.2) is 53.3 Å². The largest absolute Gasteiger partial charge is 0.491 e. The van der Waals surface area contributed by atoms with Gasteiger partial charge in [-0.05, 0) is 36.4 Å². The fraction of sp³-hybridized carbons (Fsp3) is 0.360. The lowest BCUT2D eigenvalue weighted by atomic mass is 10.2. The molecule has 0 saturated carbocycles. The smallest absolute Gasteiger partial charge is 0.225 e. The molecule has 1 saturated heterocycles. The normalized spacial score (nSPS) is 27.3. The second-order valence-electron chi connectivity index (χ2n) is 7.37. The summed E-state index contributed by atoms with van der Waals surface area (Å²) >= 11 is 0. The number of rotatable bonds is 9. The second kappa shape index (κ2) is 10.1. The summed E-state index contributed by atoms with van der Waals surface area (Å²) in [6.07, 6.45) is 0.902. The minimum Gasteiger partial charge on any atom is -0.491 e. The van der Waals surface area contributed by atoms with Crippen LogP contribution in [0, 0.1) is 0 Å². The molecule has 0 unspecified atom stereocenters. The van der Waals surface area contributed by atoms with Crippen LogP contribution in [-0.2, 0) is 11.3 Å². The molecule has 0 atom stereocenters. The van der Waals surface area contributed by atoms with Crippen LogP contribution in [0.3, 0.4) is 0 Å². The molecule has 37 heavy (non-hydrogen) atoms. The Morgan fingerprint density at radius 3 is 2.70 bits per heavy atom. The molecule has 0 aliphatic carbocycles.